The fourth-order valence-corrected chi connectivity index (χ4v) is 2.33. The molecule has 0 spiro atoms. The highest BCUT2D eigenvalue weighted by molar-refractivity contribution is 5.74. The van der Waals surface area contributed by atoms with E-state index < -0.39 is 0 Å². The van der Waals surface area contributed by atoms with Gasteiger partial charge in [0.2, 0.25) is 0 Å². The lowest BCUT2D eigenvalue weighted by atomic mass is 10.1. The zero-order valence-electron chi connectivity index (χ0n) is 12.9. The van der Waals surface area contributed by atoms with Crippen molar-refractivity contribution in [2.75, 3.05) is 6.54 Å². The van der Waals surface area contributed by atoms with Crippen molar-refractivity contribution in [3.05, 3.63) is 35.4 Å². The highest BCUT2D eigenvalue weighted by Gasteiger charge is 2.32. The molecular weight excluding hydrogens is 248 g/mol. The molecule has 3 heteroatoms. The van der Waals surface area contributed by atoms with Gasteiger partial charge in [-0.1, -0.05) is 43.7 Å². The van der Waals surface area contributed by atoms with Crippen molar-refractivity contribution in [2.24, 2.45) is 5.92 Å². The van der Waals surface area contributed by atoms with Crippen molar-refractivity contribution in [1.29, 1.82) is 0 Å². The molecule has 1 N–H and O–H groups in total. The summed E-state index contributed by atoms with van der Waals surface area (Å²) >= 11 is 0. The van der Waals surface area contributed by atoms with Gasteiger partial charge < -0.3 is 10.2 Å². The number of nitrogens with zero attached hydrogens (tertiary/aromatic N) is 1. The van der Waals surface area contributed by atoms with Gasteiger partial charge in [0, 0.05) is 19.1 Å². The molecule has 0 saturated heterocycles. The lowest BCUT2D eigenvalue weighted by molar-refractivity contribution is 0.191. The third kappa shape index (κ3) is 4.55. The summed E-state index contributed by atoms with van der Waals surface area (Å²) < 4.78 is 0. The number of hydrogen-bond acceptors (Lipinski definition) is 1. The SMILES string of the molecule is Cc1cccc(CNC(=O)N(CCC(C)C)C2CC2)c1. The second-order valence-electron chi connectivity index (χ2n) is 6.25. The van der Waals surface area contributed by atoms with Gasteiger partial charge in [0.1, 0.15) is 0 Å². The number of benzene rings is 1. The molecule has 1 saturated carbocycles. The summed E-state index contributed by atoms with van der Waals surface area (Å²) in [4.78, 5) is 14.3. The van der Waals surface area contributed by atoms with Crippen LogP contribution in [0.5, 0.6) is 0 Å². The minimum atomic E-state index is 0.0923. The van der Waals surface area contributed by atoms with Gasteiger partial charge in [0.25, 0.3) is 0 Å². The largest absolute Gasteiger partial charge is 0.334 e. The Morgan fingerprint density at radius 3 is 2.75 bits per heavy atom. The Hall–Kier alpha value is -1.51. The number of rotatable bonds is 6. The average Bonchev–Trinajstić information content (AvgIpc) is 3.21. The first-order chi connectivity index (χ1) is 9.56. The molecule has 0 aromatic heterocycles. The summed E-state index contributed by atoms with van der Waals surface area (Å²) in [5.74, 6) is 0.640. The van der Waals surface area contributed by atoms with Crippen LogP contribution in [0.25, 0.3) is 0 Å². The molecular formula is C17H26N2O. The van der Waals surface area contributed by atoms with Crippen LogP contribution in [0.3, 0.4) is 0 Å². The normalized spacial score (nSPS) is 14.4. The zero-order chi connectivity index (χ0) is 14.5. The number of nitrogens with one attached hydrogen (secondary N) is 1. The molecule has 1 fully saturated rings. The molecule has 1 aromatic carbocycles. The zero-order valence-corrected chi connectivity index (χ0v) is 12.9. The minimum absolute atomic E-state index is 0.0923. The average molecular weight is 274 g/mol. The first-order valence-electron chi connectivity index (χ1n) is 7.66. The van der Waals surface area contributed by atoms with Crippen LogP contribution in [0.15, 0.2) is 24.3 Å². The molecule has 3 nitrogen and oxygen atoms in total. The second kappa shape index (κ2) is 6.78. The molecule has 0 radical (unpaired) electrons. The van der Waals surface area contributed by atoms with E-state index in [9.17, 15) is 4.79 Å². The standard InChI is InChI=1S/C17H26N2O/c1-13(2)9-10-19(16-7-8-16)17(20)18-12-15-6-4-5-14(3)11-15/h4-6,11,13,16H,7-10,12H2,1-3H3,(H,18,20). The van der Waals surface area contributed by atoms with Gasteiger partial charge in [-0.3, -0.25) is 0 Å². The third-order valence-electron chi connectivity index (χ3n) is 3.72. The van der Waals surface area contributed by atoms with Gasteiger partial charge in [0.15, 0.2) is 0 Å². The van der Waals surface area contributed by atoms with Crippen molar-refractivity contribution < 1.29 is 4.79 Å². The summed E-state index contributed by atoms with van der Waals surface area (Å²) in [6.07, 6.45) is 3.40. The van der Waals surface area contributed by atoms with E-state index in [0.717, 1.165) is 31.4 Å². The Balaban J connectivity index is 1.85. The number of urea groups is 1. The van der Waals surface area contributed by atoms with E-state index in [4.69, 9.17) is 0 Å². The van der Waals surface area contributed by atoms with Crippen LogP contribution in [0.2, 0.25) is 0 Å². The van der Waals surface area contributed by atoms with Gasteiger partial charge in [0.05, 0.1) is 0 Å². The minimum Gasteiger partial charge on any atom is -0.334 e. The van der Waals surface area contributed by atoms with Gasteiger partial charge in [-0.05, 0) is 37.7 Å². The van der Waals surface area contributed by atoms with Crippen LogP contribution in [-0.2, 0) is 6.54 Å². The fourth-order valence-electron chi connectivity index (χ4n) is 2.33. The molecule has 0 heterocycles. The molecule has 110 valence electrons. The van der Waals surface area contributed by atoms with Crippen LogP contribution in [0, 0.1) is 12.8 Å². The van der Waals surface area contributed by atoms with Gasteiger partial charge in [-0.2, -0.15) is 0 Å². The van der Waals surface area contributed by atoms with Gasteiger partial charge in [-0.15, -0.1) is 0 Å². The van der Waals surface area contributed by atoms with Crippen LogP contribution in [0.4, 0.5) is 4.79 Å². The van der Waals surface area contributed by atoms with Crippen LogP contribution in [0.1, 0.15) is 44.2 Å². The topological polar surface area (TPSA) is 32.3 Å². The lowest BCUT2D eigenvalue weighted by Crippen LogP contribution is -2.41. The molecule has 2 rings (SSSR count). The van der Waals surface area contributed by atoms with E-state index >= 15 is 0 Å². The third-order valence-corrected chi connectivity index (χ3v) is 3.72. The Morgan fingerprint density at radius 1 is 1.40 bits per heavy atom. The Bertz CT molecular complexity index is 452. The Labute approximate surface area is 122 Å². The van der Waals surface area contributed by atoms with E-state index in [-0.39, 0.29) is 6.03 Å². The summed E-state index contributed by atoms with van der Waals surface area (Å²) in [6.45, 7) is 7.98. The van der Waals surface area contributed by atoms with E-state index in [1.54, 1.807) is 0 Å². The van der Waals surface area contributed by atoms with E-state index in [1.165, 1.54) is 5.56 Å². The predicted octanol–water partition coefficient (Wildman–Crippen LogP) is 3.72. The Kier molecular flexibility index (Phi) is 5.05. The Morgan fingerprint density at radius 2 is 2.15 bits per heavy atom. The monoisotopic (exact) mass is 274 g/mol. The maximum absolute atomic E-state index is 12.3. The number of amides is 2. The first kappa shape index (κ1) is 14.9. The van der Waals surface area contributed by atoms with Crippen molar-refractivity contribution >= 4 is 6.03 Å². The van der Waals surface area contributed by atoms with Gasteiger partial charge >= 0.3 is 6.03 Å². The smallest absolute Gasteiger partial charge is 0.317 e. The maximum atomic E-state index is 12.3. The van der Waals surface area contributed by atoms with Crippen molar-refractivity contribution in [1.82, 2.24) is 10.2 Å². The molecule has 2 amide bonds. The maximum Gasteiger partial charge on any atom is 0.317 e. The fraction of sp³-hybridized carbons (Fsp3) is 0.588. The molecule has 0 atom stereocenters. The number of aryl methyl sites for hydroxylation is 1. The van der Waals surface area contributed by atoms with E-state index in [0.29, 0.717) is 18.5 Å². The van der Waals surface area contributed by atoms with Crippen molar-refractivity contribution in [3.8, 4) is 0 Å². The number of carbonyl (C=O) groups is 1. The number of carbonyl (C=O) groups excluding carboxylic acids is 1. The summed E-state index contributed by atoms with van der Waals surface area (Å²) in [5, 5.41) is 3.06. The summed E-state index contributed by atoms with van der Waals surface area (Å²) in [7, 11) is 0. The van der Waals surface area contributed by atoms with Crippen LogP contribution < -0.4 is 5.32 Å². The highest BCUT2D eigenvalue weighted by atomic mass is 16.2. The van der Waals surface area contributed by atoms with E-state index in [1.807, 2.05) is 11.0 Å². The van der Waals surface area contributed by atoms with Crippen molar-refractivity contribution in [3.63, 3.8) is 0 Å². The first-order valence-corrected chi connectivity index (χ1v) is 7.66. The lowest BCUT2D eigenvalue weighted by Gasteiger charge is -2.23. The summed E-state index contributed by atoms with van der Waals surface area (Å²) in [5.41, 5.74) is 2.40. The molecule has 20 heavy (non-hydrogen) atoms. The van der Waals surface area contributed by atoms with Crippen LogP contribution in [-0.4, -0.2) is 23.5 Å². The van der Waals surface area contributed by atoms with Crippen LogP contribution >= 0.6 is 0 Å². The highest BCUT2D eigenvalue weighted by Crippen LogP contribution is 2.27. The molecule has 0 aliphatic heterocycles. The molecule has 1 aliphatic carbocycles. The summed E-state index contributed by atoms with van der Waals surface area (Å²) in [6, 6.07) is 8.86. The quantitative estimate of drug-likeness (QED) is 0.842. The number of hydrogen-bond donors (Lipinski definition) is 1. The van der Waals surface area contributed by atoms with Gasteiger partial charge in [-0.25, -0.2) is 4.79 Å². The molecule has 1 aromatic rings. The molecule has 1 aliphatic rings. The molecule has 0 unspecified atom stereocenters. The predicted molar refractivity (Wildman–Crippen MR) is 82.6 cm³/mol. The molecule has 0 bridgehead atoms. The van der Waals surface area contributed by atoms with E-state index in [2.05, 4.69) is 44.3 Å². The second-order valence-corrected chi connectivity index (χ2v) is 6.25. The van der Waals surface area contributed by atoms with Crippen molar-refractivity contribution in [2.45, 2.75) is 52.6 Å².